The second-order valence-electron chi connectivity index (χ2n) is 3.62. The Morgan fingerprint density at radius 1 is 1.44 bits per heavy atom. The van der Waals surface area contributed by atoms with Crippen molar-refractivity contribution in [3.8, 4) is 0 Å². The number of aliphatic hydroxyl groups excluding tert-OH is 1. The van der Waals surface area contributed by atoms with Gasteiger partial charge in [-0.15, -0.1) is 0 Å². The Morgan fingerprint density at radius 2 is 2.28 bits per heavy atom. The third-order valence-electron chi connectivity index (χ3n) is 2.47. The Morgan fingerprint density at radius 3 is 3.00 bits per heavy atom. The number of nitrogens with one attached hydrogen (secondary N) is 1. The number of aromatic amines is 1. The second-order valence-corrected chi connectivity index (χ2v) is 3.96. The second kappa shape index (κ2) is 5.94. The number of ether oxygens (including phenoxy) is 1. The number of hydrogen-bond donors (Lipinski definition) is 2. The lowest BCUT2D eigenvalue weighted by Gasteiger charge is -2.22. The summed E-state index contributed by atoms with van der Waals surface area (Å²) >= 11 is 5.86. The normalized spacial score (nSPS) is 11.1. The molecule has 0 saturated heterocycles. The maximum Gasteiger partial charge on any atom is 0.226 e. The molecule has 0 radical (unpaired) electrons. The van der Waals surface area contributed by atoms with Crippen LogP contribution in [-0.2, 0) is 4.74 Å². The van der Waals surface area contributed by atoms with Gasteiger partial charge in [-0.05, 0) is 11.6 Å². The molecule has 0 aliphatic rings. The Bertz CT molecular complexity index is 518. The molecule has 98 valence electrons. The zero-order valence-corrected chi connectivity index (χ0v) is 10.7. The highest BCUT2D eigenvalue weighted by molar-refractivity contribution is 6.28. The van der Waals surface area contributed by atoms with E-state index in [1.54, 1.807) is 7.11 Å². The van der Waals surface area contributed by atoms with Crippen molar-refractivity contribution in [1.82, 2.24) is 19.9 Å². The highest BCUT2D eigenvalue weighted by Gasteiger charge is 2.15. The lowest BCUT2D eigenvalue weighted by atomic mass is 10.4. The van der Waals surface area contributed by atoms with E-state index >= 15 is 0 Å². The van der Waals surface area contributed by atoms with E-state index in [2.05, 4.69) is 19.9 Å². The van der Waals surface area contributed by atoms with Gasteiger partial charge in [0.15, 0.2) is 11.5 Å². The summed E-state index contributed by atoms with van der Waals surface area (Å²) in [6, 6.07) is 0. The number of nitrogens with zero attached hydrogens (tertiary/aromatic N) is 4. The summed E-state index contributed by atoms with van der Waals surface area (Å²) in [5.41, 5.74) is 1.20. The average Bonchev–Trinajstić information content (AvgIpc) is 2.81. The van der Waals surface area contributed by atoms with Crippen LogP contribution in [-0.4, -0.2) is 58.5 Å². The van der Waals surface area contributed by atoms with E-state index in [0.717, 1.165) is 0 Å². The lowest BCUT2D eigenvalue weighted by molar-refractivity contribution is 0.202. The predicted octanol–water partition coefficient (Wildman–Crippen LogP) is 0.451. The third-order valence-corrected chi connectivity index (χ3v) is 2.64. The van der Waals surface area contributed by atoms with Crippen LogP contribution in [0, 0.1) is 0 Å². The van der Waals surface area contributed by atoms with Crippen LogP contribution in [0.5, 0.6) is 0 Å². The van der Waals surface area contributed by atoms with Gasteiger partial charge in [-0.3, -0.25) is 0 Å². The first-order valence-corrected chi connectivity index (χ1v) is 5.85. The van der Waals surface area contributed by atoms with Gasteiger partial charge in [0.2, 0.25) is 5.28 Å². The van der Waals surface area contributed by atoms with E-state index in [4.69, 9.17) is 21.4 Å². The number of fused-ring (bicyclic) bond motifs is 1. The minimum Gasteiger partial charge on any atom is -0.395 e. The fraction of sp³-hybridized carbons (Fsp3) is 0.500. The molecule has 0 aliphatic carbocycles. The molecule has 0 amide bonds. The van der Waals surface area contributed by atoms with Crippen LogP contribution in [0.1, 0.15) is 0 Å². The number of halogens is 1. The van der Waals surface area contributed by atoms with E-state index in [0.29, 0.717) is 36.7 Å². The molecule has 2 N–H and O–H groups in total. The quantitative estimate of drug-likeness (QED) is 0.742. The molecule has 2 heterocycles. The largest absolute Gasteiger partial charge is 0.395 e. The number of imidazole rings is 1. The molecule has 0 atom stereocenters. The molecular weight excluding hydrogens is 258 g/mol. The first kappa shape index (κ1) is 13.0. The summed E-state index contributed by atoms with van der Waals surface area (Å²) in [6.45, 7) is 1.57. The topological polar surface area (TPSA) is 87.2 Å². The molecule has 2 rings (SSSR count). The van der Waals surface area contributed by atoms with Crippen LogP contribution in [0.25, 0.3) is 11.2 Å². The molecule has 0 saturated carbocycles. The van der Waals surface area contributed by atoms with Crippen LogP contribution < -0.4 is 4.90 Å². The summed E-state index contributed by atoms with van der Waals surface area (Å²) in [6.07, 6.45) is 1.53. The fourth-order valence-corrected chi connectivity index (χ4v) is 1.83. The molecule has 0 bridgehead atoms. The van der Waals surface area contributed by atoms with Crippen LogP contribution in [0.2, 0.25) is 5.28 Å². The van der Waals surface area contributed by atoms with Gasteiger partial charge in [-0.2, -0.15) is 9.97 Å². The first-order chi connectivity index (χ1) is 8.76. The molecular formula is C10H14ClN5O2. The van der Waals surface area contributed by atoms with Crippen molar-refractivity contribution in [2.24, 2.45) is 0 Å². The van der Waals surface area contributed by atoms with Crippen molar-refractivity contribution in [2.75, 3.05) is 38.3 Å². The van der Waals surface area contributed by atoms with Gasteiger partial charge in [-0.25, -0.2) is 4.98 Å². The lowest BCUT2D eigenvalue weighted by Crippen LogP contribution is -2.31. The van der Waals surface area contributed by atoms with Gasteiger partial charge in [0.1, 0.15) is 5.52 Å². The van der Waals surface area contributed by atoms with Crippen molar-refractivity contribution in [3.05, 3.63) is 11.6 Å². The monoisotopic (exact) mass is 271 g/mol. The number of H-pyrrole nitrogens is 1. The minimum absolute atomic E-state index is 0.0148. The molecule has 0 unspecified atom stereocenters. The molecule has 0 spiro atoms. The number of aliphatic hydroxyl groups is 1. The molecule has 8 heteroatoms. The van der Waals surface area contributed by atoms with Gasteiger partial charge in [0.25, 0.3) is 0 Å². The van der Waals surface area contributed by atoms with Crippen molar-refractivity contribution in [2.45, 2.75) is 0 Å². The van der Waals surface area contributed by atoms with Crippen molar-refractivity contribution < 1.29 is 9.84 Å². The highest BCUT2D eigenvalue weighted by Crippen LogP contribution is 2.22. The highest BCUT2D eigenvalue weighted by atomic mass is 35.5. The van der Waals surface area contributed by atoms with Gasteiger partial charge >= 0.3 is 0 Å². The zero-order valence-electron chi connectivity index (χ0n) is 9.93. The molecule has 0 aliphatic heterocycles. The average molecular weight is 272 g/mol. The number of hydrogen-bond acceptors (Lipinski definition) is 6. The number of methoxy groups -OCH3 is 1. The van der Waals surface area contributed by atoms with Crippen molar-refractivity contribution >= 4 is 28.6 Å². The van der Waals surface area contributed by atoms with Crippen LogP contribution in [0.4, 0.5) is 5.82 Å². The van der Waals surface area contributed by atoms with Crippen LogP contribution in [0.15, 0.2) is 6.33 Å². The Balaban J connectivity index is 2.38. The van der Waals surface area contributed by atoms with E-state index < -0.39 is 0 Å². The summed E-state index contributed by atoms with van der Waals surface area (Å²) in [4.78, 5) is 17.1. The summed E-state index contributed by atoms with van der Waals surface area (Å²) in [5.74, 6) is 0.619. The number of anilines is 1. The van der Waals surface area contributed by atoms with Crippen LogP contribution in [0.3, 0.4) is 0 Å². The maximum absolute atomic E-state index is 9.10. The molecule has 7 nitrogen and oxygen atoms in total. The van der Waals surface area contributed by atoms with Gasteiger partial charge in [-0.1, -0.05) is 0 Å². The first-order valence-electron chi connectivity index (χ1n) is 5.47. The molecule has 2 aromatic heterocycles. The van der Waals surface area contributed by atoms with E-state index in [9.17, 15) is 0 Å². The number of rotatable bonds is 6. The van der Waals surface area contributed by atoms with E-state index in [-0.39, 0.29) is 11.9 Å². The molecule has 18 heavy (non-hydrogen) atoms. The molecule has 0 fully saturated rings. The standard InChI is InChI=1S/C10H14ClN5O2/c1-18-5-3-16(2-4-17)9-7-8(13-6-12-7)14-10(11)15-9/h6,17H,2-5H2,1H3,(H,12,13,14,15). The number of aromatic nitrogens is 4. The SMILES string of the molecule is COCCN(CCO)c1nc(Cl)nc2nc[nH]c12. The summed E-state index contributed by atoms with van der Waals surface area (Å²) in [5, 5.41) is 9.23. The Labute approximate surface area is 109 Å². The smallest absolute Gasteiger partial charge is 0.226 e. The Kier molecular flexibility index (Phi) is 4.29. The van der Waals surface area contributed by atoms with Crippen molar-refractivity contribution in [3.63, 3.8) is 0 Å². The summed E-state index contributed by atoms with van der Waals surface area (Å²) < 4.78 is 5.04. The summed E-state index contributed by atoms with van der Waals surface area (Å²) in [7, 11) is 1.62. The van der Waals surface area contributed by atoms with Crippen LogP contribution >= 0.6 is 11.6 Å². The molecule has 2 aromatic rings. The van der Waals surface area contributed by atoms with Gasteiger partial charge in [0.05, 0.1) is 19.5 Å². The van der Waals surface area contributed by atoms with Gasteiger partial charge in [0, 0.05) is 20.2 Å². The maximum atomic E-state index is 9.10. The fourth-order valence-electron chi connectivity index (χ4n) is 1.67. The zero-order chi connectivity index (χ0) is 13.0. The Hall–Kier alpha value is -1.44. The minimum atomic E-state index is 0.0148. The van der Waals surface area contributed by atoms with E-state index in [1.807, 2.05) is 4.90 Å². The molecule has 0 aromatic carbocycles. The predicted molar refractivity (Wildman–Crippen MR) is 67.9 cm³/mol. The van der Waals surface area contributed by atoms with Gasteiger partial charge < -0.3 is 19.7 Å². The van der Waals surface area contributed by atoms with Crippen molar-refractivity contribution in [1.29, 1.82) is 0 Å². The van der Waals surface area contributed by atoms with E-state index in [1.165, 1.54) is 6.33 Å². The third kappa shape index (κ3) is 2.69.